The Hall–Kier alpha value is -4.35. The number of hydrogen-bond acceptors (Lipinski definition) is 13. The number of carbonyl (C=O) groups excluding carboxylic acids is 4. The molecule has 7 N–H and O–H groups in total. The van der Waals surface area contributed by atoms with Gasteiger partial charge in [0.1, 0.15) is 43.1 Å². The van der Waals surface area contributed by atoms with Crippen LogP contribution in [0.2, 0.25) is 0 Å². The first-order valence-electron chi connectivity index (χ1n) is 22.7. The number of carboxylic acids is 1. The van der Waals surface area contributed by atoms with Crippen LogP contribution in [0.4, 0.5) is 0 Å². The second-order valence-corrected chi connectivity index (χ2v) is 18.0. The molecule has 0 aromatic rings. The predicted octanol–water partition coefficient (Wildman–Crippen LogP) is 1.95. The maximum absolute atomic E-state index is 14.3. The Bertz CT molecular complexity index is 1590. The molecule has 66 heavy (non-hydrogen) atoms. The van der Waals surface area contributed by atoms with E-state index in [4.69, 9.17) is 21.0 Å². The van der Waals surface area contributed by atoms with Crippen LogP contribution in [-0.4, -0.2) is 185 Å². The van der Waals surface area contributed by atoms with Crippen molar-refractivity contribution in [3.8, 4) is 12.5 Å². The lowest BCUT2D eigenvalue weighted by Crippen LogP contribution is -2.60. The zero-order chi connectivity index (χ0) is 51.0. The summed E-state index contributed by atoms with van der Waals surface area (Å²) in [6.07, 6.45) is 7.41. The van der Waals surface area contributed by atoms with Crippen LogP contribution in [-0.2, 0) is 38.2 Å². The van der Waals surface area contributed by atoms with Gasteiger partial charge in [-0.3, -0.25) is 24.1 Å². The number of carbonyl (C=O) groups is 5. The minimum atomic E-state index is -1.76. The van der Waals surface area contributed by atoms with E-state index in [0.717, 1.165) is 19.3 Å². The second-order valence-electron chi connectivity index (χ2n) is 18.0. The number of ether oxygens (including phenoxy) is 3. The highest BCUT2D eigenvalue weighted by Crippen LogP contribution is 2.29. The molecule has 1 aliphatic heterocycles. The van der Waals surface area contributed by atoms with E-state index in [-0.39, 0.29) is 67.0 Å². The molecule has 4 amide bonds. The summed E-state index contributed by atoms with van der Waals surface area (Å²) in [6, 6.07) is -3.18. The van der Waals surface area contributed by atoms with Gasteiger partial charge in [-0.1, -0.05) is 99.6 Å². The highest BCUT2D eigenvalue weighted by atomic mass is 16.5. The van der Waals surface area contributed by atoms with Gasteiger partial charge in [-0.25, -0.2) is 4.79 Å². The number of carboxylic acid groups (broad SMARTS) is 1. The van der Waals surface area contributed by atoms with Gasteiger partial charge in [0.25, 0.3) is 0 Å². The van der Waals surface area contributed by atoms with Crippen molar-refractivity contribution >= 4 is 30.1 Å². The van der Waals surface area contributed by atoms with Crippen molar-refractivity contribution in [1.29, 1.82) is 0 Å². The van der Waals surface area contributed by atoms with Gasteiger partial charge in [0.2, 0.25) is 24.1 Å². The number of hydrogen-bond donors (Lipinski definition) is 7. The molecule has 0 radical (unpaired) electrons. The normalized spacial score (nSPS) is 19.1. The second kappa shape index (κ2) is 31.6. The van der Waals surface area contributed by atoms with E-state index >= 15 is 0 Å². The smallest absolute Gasteiger partial charge is 0.326 e. The van der Waals surface area contributed by atoms with Gasteiger partial charge < -0.3 is 60.2 Å². The Kier molecular flexibility index (Phi) is 29.5. The third kappa shape index (κ3) is 19.1. The molecule has 18 heteroatoms. The van der Waals surface area contributed by atoms with Crippen LogP contribution in [0.5, 0.6) is 0 Å². The number of aliphatic hydroxyl groups excluding tert-OH is 4. The minimum Gasteiger partial charge on any atom is -0.480 e. The summed E-state index contributed by atoms with van der Waals surface area (Å²) in [6.45, 7) is 22.5. The van der Waals surface area contributed by atoms with Gasteiger partial charge in [-0.15, -0.1) is 0 Å². The summed E-state index contributed by atoms with van der Waals surface area (Å²) in [5.41, 5.74) is 0.710. The average molecular weight is 938 g/mol. The summed E-state index contributed by atoms with van der Waals surface area (Å²) >= 11 is 0. The molecule has 378 valence electrons. The number of allylic oxidation sites excluding steroid dienone is 3. The number of amides is 4. The number of likely N-dealkylation sites (N-methyl/N-ethyl adjacent to an activating group) is 2. The highest BCUT2D eigenvalue weighted by Gasteiger charge is 2.42. The Morgan fingerprint density at radius 2 is 1.53 bits per heavy atom. The van der Waals surface area contributed by atoms with Crippen LogP contribution >= 0.6 is 0 Å². The van der Waals surface area contributed by atoms with Gasteiger partial charge in [-0.2, -0.15) is 0 Å². The van der Waals surface area contributed by atoms with Gasteiger partial charge in [0.05, 0.1) is 42.9 Å². The van der Waals surface area contributed by atoms with E-state index in [9.17, 15) is 44.4 Å². The molecule has 0 aliphatic carbocycles. The first-order chi connectivity index (χ1) is 30.9. The zero-order valence-electron chi connectivity index (χ0n) is 41.5. The minimum absolute atomic E-state index is 0.0292. The zero-order valence-corrected chi connectivity index (χ0v) is 41.5. The Balaban J connectivity index is 0.00000258. The fraction of sp³-hybridized carbons (Fsp3) is 0.729. The van der Waals surface area contributed by atoms with Crippen LogP contribution in [0.25, 0.3) is 0 Å². The molecule has 1 aliphatic rings. The summed E-state index contributed by atoms with van der Waals surface area (Å²) in [5, 5.41) is 55.4. The predicted molar refractivity (Wildman–Crippen MR) is 252 cm³/mol. The van der Waals surface area contributed by atoms with Gasteiger partial charge >= 0.3 is 5.97 Å². The van der Waals surface area contributed by atoms with Crippen LogP contribution in [0.3, 0.4) is 0 Å². The van der Waals surface area contributed by atoms with Crippen LogP contribution in [0.1, 0.15) is 87.5 Å². The Labute approximate surface area is 393 Å². The van der Waals surface area contributed by atoms with E-state index in [0.29, 0.717) is 18.5 Å². The lowest BCUT2D eigenvalue weighted by molar-refractivity contribution is -0.147. The SMILES string of the molecule is C#COCC(O)C(O)C(O)C(O)CN(C)C(C(=O)NC(C(=O)N(C)C(C(C)CC)C(CC(=O)N1CCCC1C(OC)C(C)C)OC)C(C)C)C(C)C.C=C/C=C(\C=C)CC(NC=O)C(=O)O. The number of likely N-dealkylation sites (tertiary alicyclic amines) is 1. The third-order valence-electron chi connectivity index (χ3n) is 12.2. The molecule has 12 unspecified atom stereocenters. The lowest BCUT2D eigenvalue weighted by Gasteiger charge is -2.41. The van der Waals surface area contributed by atoms with Crippen molar-refractivity contribution in [3.05, 3.63) is 37.0 Å². The van der Waals surface area contributed by atoms with Gasteiger partial charge in [-0.05, 0) is 49.1 Å². The molecule has 1 heterocycles. The largest absolute Gasteiger partial charge is 0.480 e. The third-order valence-corrected chi connectivity index (χ3v) is 12.2. The van der Waals surface area contributed by atoms with Gasteiger partial charge in [0, 0.05) is 40.8 Å². The maximum Gasteiger partial charge on any atom is 0.326 e. The average Bonchev–Trinajstić information content (AvgIpc) is 3.75. The number of nitrogens with one attached hydrogen (secondary N) is 2. The summed E-state index contributed by atoms with van der Waals surface area (Å²) < 4.78 is 16.4. The van der Waals surface area contributed by atoms with E-state index in [1.807, 2.05) is 52.5 Å². The fourth-order valence-electron chi connectivity index (χ4n) is 8.43. The molecule has 1 fully saturated rings. The van der Waals surface area contributed by atoms with E-state index < -0.39 is 73.2 Å². The van der Waals surface area contributed by atoms with Crippen molar-refractivity contribution in [2.45, 2.75) is 154 Å². The first-order valence-corrected chi connectivity index (χ1v) is 22.7. The summed E-state index contributed by atoms with van der Waals surface area (Å²) in [5.74, 6) is -2.30. The molecule has 18 nitrogen and oxygen atoms in total. The lowest BCUT2D eigenvalue weighted by atomic mass is 9.89. The van der Waals surface area contributed by atoms with Crippen molar-refractivity contribution in [2.24, 2.45) is 23.7 Å². The number of aliphatic carboxylic acids is 1. The van der Waals surface area contributed by atoms with Gasteiger partial charge in [0.15, 0.2) is 0 Å². The van der Waals surface area contributed by atoms with Crippen LogP contribution in [0, 0.1) is 36.2 Å². The molecule has 12 atom stereocenters. The quantitative estimate of drug-likeness (QED) is 0.0309. The van der Waals surface area contributed by atoms with E-state index in [1.165, 1.54) is 17.1 Å². The Morgan fingerprint density at radius 3 is 1.98 bits per heavy atom. The first kappa shape index (κ1) is 61.7. The Morgan fingerprint density at radius 1 is 0.924 bits per heavy atom. The van der Waals surface area contributed by atoms with Crippen LogP contribution < -0.4 is 10.6 Å². The number of nitrogens with zero attached hydrogens (tertiary/aromatic N) is 3. The van der Waals surface area contributed by atoms with Crippen molar-refractivity contribution in [3.63, 3.8) is 0 Å². The molecule has 1 saturated heterocycles. The summed E-state index contributed by atoms with van der Waals surface area (Å²) in [4.78, 5) is 67.9. The fourth-order valence-corrected chi connectivity index (χ4v) is 8.43. The number of terminal acetylenes is 1. The van der Waals surface area contributed by atoms with Crippen molar-refractivity contribution in [1.82, 2.24) is 25.3 Å². The topological polar surface area (TPSA) is 248 Å². The molecule has 0 spiro atoms. The monoisotopic (exact) mass is 938 g/mol. The maximum atomic E-state index is 14.3. The number of aliphatic hydroxyl groups is 4. The number of rotatable bonds is 30. The standard InChI is InChI=1S/C38H70N4O10.C10H13NO3/c1-14-25(9)33(29(50-12)19-30(45)42-18-16-17-26(42)36(51-13)24(7)8)41(11)38(49)31(22(3)4)39-37(48)32(23(5)6)40(10)20-27(43)34(46)35(47)28(44)21-52-15-2;1-3-5-8(4-2)6-9(10(13)14)11-7-12/h2,22-29,31-36,43-44,46-47H,14,16-21H2,1,3-13H3,(H,39,48);3-5,7,9H,1-2,6H2,(H,11,12)(H,13,14)/b;8-5+. The molecule has 0 aromatic carbocycles. The molecule has 0 bridgehead atoms. The molecule has 1 rings (SSSR count). The molecule has 0 saturated carbocycles. The van der Waals surface area contributed by atoms with Crippen molar-refractivity contribution < 1.29 is 63.7 Å². The van der Waals surface area contributed by atoms with Crippen LogP contribution in [0.15, 0.2) is 37.0 Å². The van der Waals surface area contributed by atoms with E-state index in [1.54, 1.807) is 39.3 Å². The van der Waals surface area contributed by atoms with Crippen molar-refractivity contribution in [2.75, 3.05) is 48.0 Å². The molecular weight excluding hydrogens is 855 g/mol. The highest BCUT2D eigenvalue weighted by molar-refractivity contribution is 5.90. The molecule has 0 aromatic heterocycles. The molecular formula is C48H83N5O13. The number of methoxy groups -OCH3 is 2. The summed E-state index contributed by atoms with van der Waals surface area (Å²) in [7, 11) is 6.51. The van der Waals surface area contributed by atoms with E-state index in [2.05, 4.69) is 42.4 Å².